The van der Waals surface area contributed by atoms with Crippen LogP contribution in [-0.4, -0.2) is 15.0 Å². The van der Waals surface area contributed by atoms with Crippen LogP contribution in [0.1, 0.15) is 18.1 Å². The van der Waals surface area contributed by atoms with Crippen molar-refractivity contribution in [2.75, 3.05) is 10.8 Å². The first kappa shape index (κ1) is 15.9. The van der Waals surface area contributed by atoms with E-state index < -0.39 is 10.0 Å². The number of benzene rings is 2. The molecule has 0 radical (unpaired) electrons. The van der Waals surface area contributed by atoms with Crippen LogP contribution in [0.5, 0.6) is 0 Å². The van der Waals surface area contributed by atoms with Gasteiger partial charge in [0, 0.05) is 12.4 Å². The topological polar surface area (TPSA) is 37.4 Å². The molecule has 0 atom stereocenters. The summed E-state index contributed by atoms with van der Waals surface area (Å²) in [7, 11) is -3.56. The van der Waals surface area contributed by atoms with Crippen molar-refractivity contribution in [3.05, 3.63) is 59.7 Å². The molecular weight excluding hydrogens is 306 g/mol. The second-order valence-electron chi connectivity index (χ2n) is 4.79. The Hall–Kier alpha value is -1.52. The fraction of sp³-hybridized carbons (Fsp3) is 0.250. The van der Waals surface area contributed by atoms with Gasteiger partial charge < -0.3 is 0 Å². The second-order valence-corrected chi connectivity index (χ2v) is 6.92. The highest BCUT2D eigenvalue weighted by Crippen LogP contribution is 2.24. The lowest BCUT2D eigenvalue weighted by molar-refractivity contribution is 0.592. The molecule has 0 aliphatic carbocycles. The summed E-state index contributed by atoms with van der Waals surface area (Å²) >= 11 is 5.74. The van der Waals surface area contributed by atoms with Crippen LogP contribution < -0.4 is 4.31 Å². The highest BCUT2D eigenvalue weighted by atomic mass is 35.5. The van der Waals surface area contributed by atoms with Crippen LogP contribution in [0.3, 0.4) is 0 Å². The molecule has 0 fully saturated rings. The third kappa shape index (κ3) is 3.39. The van der Waals surface area contributed by atoms with Gasteiger partial charge in [-0.05, 0) is 49.2 Å². The lowest BCUT2D eigenvalue weighted by Crippen LogP contribution is -2.30. The van der Waals surface area contributed by atoms with Gasteiger partial charge in [0.1, 0.15) is 0 Å². The van der Waals surface area contributed by atoms with Crippen molar-refractivity contribution in [1.82, 2.24) is 0 Å². The molecule has 2 aromatic rings. The Balaban J connectivity index is 2.44. The predicted octanol–water partition coefficient (Wildman–Crippen LogP) is 3.95. The summed E-state index contributed by atoms with van der Waals surface area (Å²) in [5, 5.41) is 0. The van der Waals surface area contributed by atoms with Gasteiger partial charge >= 0.3 is 0 Å². The fourth-order valence-electron chi connectivity index (χ4n) is 2.15. The molecule has 0 N–H and O–H groups in total. The predicted molar refractivity (Wildman–Crippen MR) is 87.4 cm³/mol. The second kappa shape index (κ2) is 6.50. The van der Waals surface area contributed by atoms with Gasteiger partial charge in [0.25, 0.3) is 10.0 Å². The zero-order valence-corrected chi connectivity index (χ0v) is 13.7. The normalized spacial score (nSPS) is 11.4. The Morgan fingerprint density at radius 1 is 1.10 bits per heavy atom. The summed E-state index contributed by atoms with van der Waals surface area (Å²) < 4.78 is 26.9. The van der Waals surface area contributed by atoms with Gasteiger partial charge in [0.2, 0.25) is 0 Å². The summed E-state index contributed by atoms with van der Waals surface area (Å²) in [6.45, 7) is 4.15. The van der Waals surface area contributed by atoms with Gasteiger partial charge in [-0.2, -0.15) is 0 Å². The molecule has 0 heterocycles. The quantitative estimate of drug-likeness (QED) is 0.781. The molecule has 0 aliphatic heterocycles. The third-order valence-corrected chi connectivity index (χ3v) is 5.47. The van der Waals surface area contributed by atoms with E-state index >= 15 is 0 Å². The van der Waals surface area contributed by atoms with Crippen LogP contribution in [0.25, 0.3) is 0 Å². The number of hydrogen-bond donors (Lipinski definition) is 0. The van der Waals surface area contributed by atoms with Crippen molar-refractivity contribution >= 4 is 27.3 Å². The fourth-order valence-corrected chi connectivity index (χ4v) is 3.80. The minimum Gasteiger partial charge on any atom is -0.267 e. The van der Waals surface area contributed by atoms with Gasteiger partial charge in [-0.3, -0.25) is 4.31 Å². The maximum atomic E-state index is 12.8. The molecule has 5 heteroatoms. The number of sulfonamides is 1. The molecule has 3 nitrogen and oxygen atoms in total. The molecule has 0 aromatic heterocycles. The Morgan fingerprint density at radius 3 is 2.29 bits per heavy atom. The van der Waals surface area contributed by atoms with Crippen molar-refractivity contribution < 1.29 is 8.42 Å². The van der Waals surface area contributed by atoms with Crippen molar-refractivity contribution in [3.63, 3.8) is 0 Å². The number of anilines is 1. The molecule has 0 spiro atoms. The molecule has 2 rings (SSSR count). The lowest BCUT2D eigenvalue weighted by atomic mass is 10.2. The Kier molecular flexibility index (Phi) is 4.91. The van der Waals surface area contributed by atoms with Gasteiger partial charge in [-0.1, -0.05) is 24.3 Å². The smallest absolute Gasteiger partial charge is 0.264 e. The Morgan fingerprint density at radius 2 is 1.76 bits per heavy atom. The van der Waals surface area contributed by atoms with Gasteiger partial charge in [-0.25, -0.2) is 8.42 Å². The van der Waals surface area contributed by atoms with Crippen molar-refractivity contribution in [3.8, 4) is 0 Å². The monoisotopic (exact) mass is 323 g/mol. The number of alkyl halides is 1. The molecule has 0 unspecified atom stereocenters. The third-order valence-electron chi connectivity index (χ3n) is 3.24. The first-order valence-electron chi connectivity index (χ1n) is 6.73. The minimum absolute atomic E-state index is 0.278. The zero-order chi connectivity index (χ0) is 15.5. The maximum absolute atomic E-state index is 12.8. The number of rotatable bonds is 5. The van der Waals surface area contributed by atoms with E-state index in [1.807, 2.05) is 32.0 Å². The van der Waals surface area contributed by atoms with E-state index in [9.17, 15) is 8.42 Å². The van der Waals surface area contributed by atoms with Crippen molar-refractivity contribution in [1.29, 1.82) is 0 Å². The summed E-state index contributed by atoms with van der Waals surface area (Å²) in [5.74, 6) is 0.371. The van der Waals surface area contributed by atoms with Crippen LogP contribution in [0.15, 0.2) is 53.4 Å². The lowest BCUT2D eigenvalue weighted by Gasteiger charge is -2.23. The summed E-state index contributed by atoms with van der Waals surface area (Å²) in [6, 6.07) is 14.2. The Labute approximate surface area is 131 Å². The van der Waals surface area contributed by atoms with E-state index in [4.69, 9.17) is 11.6 Å². The first-order chi connectivity index (χ1) is 9.98. The molecule has 112 valence electrons. The highest BCUT2D eigenvalue weighted by Gasteiger charge is 2.23. The van der Waals surface area contributed by atoms with E-state index in [0.717, 1.165) is 11.1 Å². The minimum atomic E-state index is -3.56. The average Bonchev–Trinajstić information content (AvgIpc) is 2.48. The SMILES string of the molecule is CCN(c1cccc(C)c1)S(=O)(=O)c1ccc(CCl)cc1. The summed E-state index contributed by atoms with van der Waals surface area (Å²) in [6.07, 6.45) is 0. The van der Waals surface area contributed by atoms with Crippen LogP contribution in [0.4, 0.5) is 5.69 Å². The average molecular weight is 324 g/mol. The molecular formula is C16H18ClNO2S. The van der Waals surface area contributed by atoms with E-state index in [0.29, 0.717) is 18.1 Å². The van der Waals surface area contributed by atoms with Gasteiger partial charge in [0.15, 0.2) is 0 Å². The molecule has 21 heavy (non-hydrogen) atoms. The van der Waals surface area contributed by atoms with Crippen LogP contribution in [0.2, 0.25) is 0 Å². The zero-order valence-electron chi connectivity index (χ0n) is 12.1. The number of halogens is 1. The largest absolute Gasteiger partial charge is 0.267 e. The maximum Gasteiger partial charge on any atom is 0.264 e. The number of hydrogen-bond acceptors (Lipinski definition) is 2. The number of nitrogens with zero attached hydrogens (tertiary/aromatic N) is 1. The van der Waals surface area contributed by atoms with Crippen molar-refractivity contribution in [2.24, 2.45) is 0 Å². The molecule has 0 bridgehead atoms. The van der Waals surface area contributed by atoms with Gasteiger partial charge in [-0.15, -0.1) is 11.6 Å². The molecule has 0 saturated carbocycles. The molecule has 2 aromatic carbocycles. The van der Waals surface area contributed by atoms with E-state index in [1.54, 1.807) is 30.3 Å². The van der Waals surface area contributed by atoms with E-state index in [-0.39, 0.29) is 4.90 Å². The summed E-state index contributed by atoms with van der Waals surface area (Å²) in [4.78, 5) is 0.278. The molecule has 0 amide bonds. The van der Waals surface area contributed by atoms with Gasteiger partial charge in [0.05, 0.1) is 10.6 Å². The Bertz CT molecular complexity index is 711. The number of aryl methyl sites for hydroxylation is 1. The van der Waals surface area contributed by atoms with Crippen molar-refractivity contribution in [2.45, 2.75) is 24.6 Å². The molecule has 0 saturated heterocycles. The van der Waals surface area contributed by atoms with Crippen LogP contribution in [0, 0.1) is 6.92 Å². The standard InChI is InChI=1S/C16H18ClNO2S/c1-3-18(15-6-4-5-13(2)11-15)21(19,20)16-9-7-14(12-17)8-10-16/h4-11H,3,12H2,1-2H3. The first-order valence-corrected chi connectivity index (χ1v) is 8.71. The van der Waals surface area contributed by atoms with E-state index in [1.165, 1.54) is 4.31 Å². The van der Waals surface area contributed by atoms with Crippen LogP contribution >= 0.6 is 11.6 Å². The van der Waals surface area contributed by atoms with Crippen LogP contribution in [-0.2, 0) is 15.9 Å². The molecule has 0 aliphatic rings. The summed E-state index contributed by atoms with van der Waals surface area (Å²) in [5.41, 5.74) is 2.60. The highest BCUT2D eigenvalue weighted by molar-refractivity contribution is 7.92. The van der Waals surface area contributed by atoms with E-state index in [2.05, 4.69) is 0 Å².